The van der Waals surface area contributed by atoms with Crippen LogP contribution in [0.25, 0.3) is 23.3 Å². The maximum absolute atomic E-state index is 12.7. The van der Waals surface area contributed by atoms with Gasteiger partial charge in [0, 0.05) is 43.0 Å². The summed E-state index contributed by atoms with van der Waals surface area (Å²) in [5.74, 6) is 0.744. The van der Waals surface area contributed by atoms with E-state index in [0.717, 1.165) is 18.7 Å². The number of nitrogens with one attached hydrogen (secondary N) is 1. The minimum absolute atomic E-state index is 0.112. The van der Waals surface area contributed by atoms with Crippen LogP contribution < -0.4 is 19.7 Å². The smallest absolute Gasteiger partial charge is 0.465 e. The van der Waals surface area contributed by atoms with Crippen LogP contribution in [0.15, 0.2) is 71.1 Å². The zero-order valence-electron chi connectivity index (χ0n) is 23.4. The van der Waals surface area contributed by atoms with Crippen molar-refractivity contribution in [1.29, 1.82) is 0 Å². The number of anilines is 1. The van der Waals surface area contributed by atoms with Crippen molar-refractivity contribution in [3.8, 4) is 11.5 Å². The first-order chi connectivity index (χ1) is 19.6. The molecule has 1 aromatic heterocycles. The molecule has 3 aromatic carbocycles. The molecule has 0 aliphatic carbocycles. The second-order valence-corrected chi connectivity index (χ2v) is 9.28. The lowest BCUT2D eigenvalue weighted by molar-refractivity contribution is -0.274. The van der Waals surface area contributed by atoms with Crippen molar-refractivity contribution in [2.24, 2.45) is 0 Å². The number of halogens is 3. The first kappa shape index (κ1) is 30.0. The number of para-hydroxylation sites is 1. The van der Waals surface area contributed by atoms with E-state index in [-0.39, 0.29) is 12.3 Å². The van der Waals surface area contributed by atoms with Crippen LogP contribution in [-0.4, -0.2) is 37.0 Å². The maximum Gasteiger partial charge on any atom is 0.573 e. The van der Waals surface area contributed by atoms with Crippen LogP contribution in [0.2, 0.25) is 0 Å². The number of oxazole rings is 1. The molecule has 0 bridgehead atoms. The second kappa shape index (κ2) is 13.6. The highest BCUT2D eigenvalue weighted by molar-refractivity contribution is 5.77. The van der Waals surface area contributed by atoms with Crippen LogP contribution in [0.1, 0.15) is 44.7 Å². The van der Waals surface area contributed by atoms with Crippen LogP contribution in [-0.2, 0) is 11.3 Å². The maximum atomic E-state index is 12.7. The van der Waals surface area contributed by atoms with E-state index in [4.69, 9.17) is 13.9 Å². The lowest BCUT2D eigenvalue weighted by Crippen LogP contribution is -2.33. The highest BCUT2D eigenvalue weighted by atomic mass is 19.4. The number of aromatic nitrogens is 1. The number of hydrogen-bond donors (Lipinski definition) is 1. The largest absolute Gasteiger partial charge is 0.573 e. The van der Waals surface area contributed by atoms with Crippen LogP contribution in [0, 0.1) is 0 Å². The van der Waals surface area contributed by atoms with Crippen LogP contribution in [0.5, 0.6) is 11.5 Å². The number of alkyl halides is 3. The van der Waals surface area contributed by atoms with Crippen LogP contribution in [0.4, 0.5) is 18.9 Å². The van der Waals surface area contributed by atoms with Crippen molar-refractivity contribution in [2.45, 2.75) is 53.1 Å². The Labute approximate surface area is 237 Å². The summed E-state index contributed by atoms with van der Waals surface area (Å²) in [6.07, 6.45) is -2.16. The summed E-state index contributed by atoms with van der Waals surface area (Å²) >= 11 is 0. The predicted molar refractivity (Wildman–Crippen MR) is 154 cm³/mol. The third-order valence-electron chi connectivity index (χ3n) is 6.29. The fourth-order valence-corrected chi connectivity index (χ4v) is 4.30. The van der Waals surface area contributed by atoms with Crippen LogP contribution in [0.3, 0.4) is 0 Å². The Balaban J connectivity index is 1.31. The molecular weight excluding hydrogens is 535 g/mol. The summed E-state index contributed by atoms with van der Waals surface area (Å²) in [7, 11) is 0. The topological polar surface area (TPSA) is 69.0 Å². The summed E-state index contributed by atoms with van der Waals surface area (Å²) < 4.78 is 59.7. The molecule has 0 fully saturated rings. The molecule has 10 heteroatoms. The van der Waals surface area contributed by atoms with E-state index >= 15 is 0 Å². The highest BCUT2D eigenvalue weighted by Crippen LogP contribution is 2.27. The fourth-order valence-electron chi connectivity index (χ4n) is 4.30. The number of ether oxygens (including phenoxy) is 3. The molecule has 2 atom stereocenters. The van der Waals surface area contributed by atoms with Crippen molar-refractivity contribution in [3.05, 3.63) is 83.7 Å². The molecule has 4 rings (SSSR count). The molecule has 0 radical (unpaired) electrons. The molecule has 0 saturated carbocycles. The molecule has 0 spiro atoms. The number of hydrogen-bond acceptors (Lipinski definition) is 7. The number of nitrogens with zero attached hydrogens (tertiary/aromatic N) is 2. The molecule has 0 saturated heterocycles. The predicted octanol–water partition coefficient (Wildman–Crippen LogP) is 7.62. The molecule has 41 heavy (non-hydrogen) atoms. The quantitative estimate of drug-likeness (QED) is 0.166. The molecule has 0 amide bonds. The van der Waals surface area contributed by atoms with Gasteiger partial charge in [0.25, 0.3) is 0 Å². The van der Waals surface area contributed by atoms with Gasteiger partial charge in [0.1, 0.15) is 23.2 Å². The first-order valence-corrected chi connectivity index (χ1v) is 13.5. The van der Waals surface area contributed by atoms with Gasteiger partial charge in [0.15, 0.2) is 11.9 Å². The Hall–Kier alpha value is -4.02. The zero-order chi connectivity index (χ0) is 29.4. The average molecular weight is 570 g/mol. The van der Waals surface area contributed by atoms with E-state index in [1.54, 1.807) is 44.2 Å². The van der Waals surface area contributed by atoms with Gasteiger partial charge in [-0.05, 0) is 69.7 Å². The van der Waals surface area contributed by atoms with Crippen molar-refractivity contribution in [1.82, 2.24) is 10.3 Å². The van der Waals surface area contributed by atoms with E-state index in [2.05, 4.69) is 58.1 Å². The monoisotopic (exact) mass is 569 g/mol. The van der Waals surface area contributed by atoms with Gasteiger partial charge < -0.3 is 23.5 Å². The van der Waals surface area contributed by atoms with Gasteiger partial charge >= 0.3 is 6.36 Å². The lowest BCUT2D eigenvalue weighted by Gasteiger charge is -2.22. The third kappa shape index (κ3) is 8.73. The summed E-state index contributed by atoms with van der Waals surface area (Å²) in [5.41, 5.74) is 3.84. The van der Waals surface area contributed by atoms with Crippen molar-refractivity contribution in [2.75, 3.05) is 18.0 Å². The number of rotatable bonds is 13. The molecule has 218 valence electrons. The zero-order valence-corrected chi connectivity index (χ0v) is 23.4. The van der Waals surface area contributed by atoms with E-state index in [0.29, 0.717) is 28.3 Å². The Bertz CT molecular complexity index is 1430. The van der Waals surface area contributed by atoms with Crippen molar-refractivity contribution < 1.29 is 31.8 Å². The summed E-state index contributed by atoms with van der Waals surface area (Å²) in [4.78, 5) is 6.80. The Kier molecular flexibility index (Phi) is 9.91. The van der Waals surface area contributed by atoms with E-state index < -0.39 is 18.9 Å². The minimum Gasteiger partial charge on any atom is -0.465 e. The molecule has 4 aromatic rings. The fraction of sp³-hybridized carbons (Fsp3) is 0.323. The minimum atomic E-state index is -4.76. The molecule has 7 nitrogen and oxygen atoms in total. The van der Waals surface area contributed by atoms with E-state index in [1.807, 2.05) is 12.2 Å². The van der Waals surface area contributed by atoms with Gasteiger partial charge in [-0.1, -0.05) is 30.3 Å². The second-order valence-electron chi connectivity index (χ2n) is 9.28. The Morgan fingerprint density at radius 1 is 0.976 bits per heavy atom. The average Bonchev–Trinajstić information content (AvgIpc) is 3.34. The number of benzene rings is 3. The van der Waals surface area contributed by atoms with Gasteiger partial charge in [-0.25, -0.2) is 4.98 Å². The third-order valence-corrected chi connectivity index (χ3v) is 6.29. The lowest BCUT2D eigenvalue weighted by atomic mass is 10.2. The molecular formula is C31H34F3N3O4. The summed E-state index contributed by atoms with van der Waals surface area (Å²) in [6.45, 7) is 9.77. The molecule has 1 heterocycles. The summed E-state index contributed by atoms with van der Waals surface area (Å²) in [6, 6.07) is 19.6. The normalized spacial score (nSPS) is 13.4. The number of fused-ring (bicyclic) bond motifs is 1. The van der Waals surface area contributed by atoms with Gasteiger partial charge in [-0.15, -0.1) is 13.2 Å². The standard InChI is InChI=1S/C31H34F3N3O4/c1-5-37(6-2)25-14-11-23(12-15-25)13-18-30-36-27-17-16-26(19-29(27)40-30)39-22(4)38-21(3)35-20-24-9-7-8-10-28(24)41-31(32,33)34/h7-19,21-22,35H,5-6,20H2,1-4H3/b18-13+. The Morgan fingerprint density at radius 2 is 1.71 bits per heavy atom. The molecule has 0 aliphatic heterocycles. The molecule has 1 N–H and O–H groups in total. The van der Waals surface area contributed by atoms with E-state index in [9.17, 15) is 13.2 Å². The highest BCUT2D eigenvalue weighted by Gasteiger charge is 2.32. The first-order valence-electron chi connectivity index (χ1n) is 13.5. The van der Waals surface area contributed by atoms with Gasteiger partial charge in [0.05, 0.1) is 0 Å². The van der Waals surface area contributed by atoms with Crippen molar-refractivity contribution in [3.63, 3.8) is 0 Å². The van der Waals surface area contributed by atoms with Gasteiger partial charge in [0.2, 0.25) is 5.89 Å². The summed E-state index contributed by atoms with van der Waals surface area (Å²) in [5, 5.41) is 3.03. The van der Waals surface area contributed by atoms with E-state index in [1.165, 1.54) is 17.8 Å². The van der Waals surface area contributed by atoms with Gasteiger partial charge in [-0.2, -0.15) is 0 Å². The van der Waals surface area contributed by atoms with Crippen LogP contribution >= 0.6 is 0 Å². The van der Waals surface area contributed by atoms with Gasteiger partial charge in [-0.3, -0.25) is 5.32 Å². The van der Waals surface area contributed by atoms with Crippen molar-refractivity contribution >= 4 is 28.9 Å². The molecule has 0 aliphatic rings. The SMILES string of the molecule is CCN(CC)c1ccc(/C=C/c2nc3ccc(OC(C)OC(C)NCc4ccccc4OC(F)(F)F)cc3o2)cc1. The Morgan fingerprint density at radius 3 is 2.41 bits per heavy atom. The molecule has 2 unspecified atom stereocenters.